The summed E-state index contributed by atoms with van der Waals surface area (Å²) in [7, 11) is 0. The highest BCUT2D eigenvalue weighted by molar-refractivity contribution is 7.80. The van der Waals surface area contributed by atoms with Crippen molar-refractivity contribution < 1.29 is 4.74 Å². The first-order valence-electron chi connectivity index (χ1n) is 6.24. The van der Waals surface area contributed by atoms with Crippen molar-refractivity contribution in [2.45, 2.75) is 19.3 Å². The van der Waals surface area contributed by atoms with Crippen LogP contribution < -0.4 is 4.74 Å². The second kappa shape index (κ2) is 6.91. The normalized spacial score (nSPS) is 10.8. The quantitative estimate of drug-likeness (QED) is 0.580. The predicted octanol–water partition coefficient (Wildman–Crippen LogP) is 4.97. The van der Waals surface area contributed by atoms with Gasteiger partial charge >= 0.3 is 0 Å². The van der Waals surface area contributed by atoms with E-state index in [0.29, 0.717) is 0 Å². The van der Waals surface area contributed by atoms with E-state index in [1.54, 1.807) is 0 Å². The van der Waals surface area contributed by atoms with E-state index in [-0.39, 0.29) is 0 Å². The molecule has 0 aliphatic heterocycles. The van der Waals surface area contributed by atoms with Crippen LogP contribution in [0.25, 0.3) is 10.8 Å². The van der Waals surface area contributed by atoms with Gasteiger partial charge in [0.15, 0.2) is 0 Å². The number of hydrogen-bond donors (Lipinski definition) is 1. The summed E-state index contributed by atoms with van der Waals surface area (Å²) in [5.41, 5.74) is 0. The van der Waals surface area contributed by atoms with Crippen LogP contribution in [-0.2, 0) is 0 Å². The van der Waals surface area contributed by atoms with E-state index in [0.717, 1.165) is 53.2 Å². The molecule has 0 fully saturated rings. The minimum Gasteiger partial charge on any atom is -0.493 e. The van der Waals surface area contributed by atoms with E-state index < -0.39 is 0 Å². The average molecular weight is 281 g/mol. The third-order valence-electron chi connectivity index (χ3n) is 2.89. The van der Waals surface area contributed by atoms with Crippen molar-refractivity contribution in [3.05, 3.63) is 41.4 Å². The Balaban J connectivity index is 2.07. The number of fused-ring (bicyclic) bond motifs is 1. The molecule has 0 aromatic heterocycles. The predicted molar refractivity (Wildman–Crippen MR) is 82.2 cm³/mol. The molecule has 2 rings (SSSR count). The molecule has 0 unspecified atom stereocenters. The van der Waals surface area contributed by atoms with Gasteiger partial charge in [-0.2, -0.15) is 12.6 Å². The van der Waals surface area contributed by atoms with Gasteiger partial charge in [0.25, 0.3) is 0 Å². The van der Waals surface area contributed by atoms with Crippen molar-refractivity contribution in [2.75, 3.05) is 12.4 Å². The molecule has 0 saturated heterocycles. The Morgan fingerprint density at radius 3 is 2.50 bits per heavy atom. The van der Waals surface area contributed by atoms with Crippen molar-refractivity contribution in [2.24, 2.45) is 0 Å². The van der Waals surface area contributed by atoms with E-state index in [1.165, 1.54) is 0 Å². The van der Waals surface area contributed by atoms with Gasteiger partial charge in [0.05, 0.1) is 6.61 Å². The molecule has 0 N–H and O–H groups in total. The number of unbranched alkanes of at least 4 members (excludes halogenated alkanes) is 2. The first kappa shape index (κ1) is 13.6. The van der Waals surface area contributed by atoms with E-state index >= 15 is 0 Å². The lowest BCUT2D eigenvalue weighted by molar-refractivity contribution is 0.310. The Hall–Kier alpha value is -0.860. The standard InChI is InChI=1S/C15H17ClOS/c16-14-8-9-15(17-10-4-1-5-11-18)13-7-3-2-6-12(13)14/h2-3,6-9,18H,1,4-5,10-11H2. The Bertz CT molecular complexity index is 513. The molecule has 0 heterocycles. The number of hydrogen-bond acceptors (Lipinski definition) is 2. The Labute approximate surface area is 119 Å². The molecule has 96 valence electrons. The topological polar surface area (TPSA) is 9.23 Å². The molecule has 0 saturated carbocycles. The molecular weight excluding hydrogens is 264 g/mol. The second-order valence-corrected chi connectivity index (χ2v) is 5.08. The molecule has 0 radical (unpaired) electrons. The smallest absolute Gasteiger partial charge is 0.127 e. The summed E-state index contributed by atoms with van der Waals surface area (Å²) in [5.74, 6) is 1.87. The van der Waals surface area contributed by atoms with Gasteiger partial charge in [0.1, 0.15) is 5.75 Å². The minimum atomic E-state index is 0.749. The van der Waals surface area contributed by atoms with E-state index in [2.05, 4.69) is 12.6 Å². The maximum Gasteiger partial charge on any atom is 0.127 e. The summed E-state index contributed by atoms with van der Waals surface area (Å²) in [4.78, 5) is 0. The molecule has 0 spiro atoms. The minimum absolute atomic E-state index is 0.749. The van der Waals surface area contributed by atoms with Crippen LogP contribution in [0, 0.1) is 0 Å². The molecular formula is C15H17ClOS. The van der Waals surface area contributed by atoms with Gasteiger partial charge in [-0.25, -0.2) is 0 Å². The molecule has 0 aliphatic carbocycles. The van der Waals surface area contributed by atoms with Gasteiger partial charge in [0.2, 0.25) is 0 Å². The molecule has 0 amide bonds. The van der Waals surface area contributed by atoms with Crippen molar-refractivity contribution in [1.82, 2.24) is 0 Å². The third kappa shape index (κ3) is 3.33. The molecule has 18 heavy (non-hydrogen) atoms. The number of thiol groups is 1. The maximum atomic E-state index is 6.17. The van der Waals surface area contributed by atoms with Gasteiger partial charge in [-0.05, 0) is 37.1 Å². The monoisotopic (exact) mass is 280 g/mol. The van der Waals surface area contributed by atoms with Gasteiger partial charge in [-0.3, -0.25) is 0 Å². The lowest BCUT2D eigenvalue weighted by Gasteiger charge is -2.10. The summed E-state index contributed by atoms with van der Waals surface area (Å²) in [6.45, 7) is 0.749. The number of benzene rings is 2. The Morgan fingerprint density at radius 1 is 0.944 bits per heavy atom. The highest BCUT2D eigenvalue weighted by atomic mass is 35.5. The number of rotatable bonds is 6. The fourth-order valence-corrected chi connectivity index (χ4v) is 2.38. The van der Waals surface area contributed by atoms with Crippen LogP contribution in [0.3, 0.4) is 0 Å². The highest BCUT2D eigenvalue weighted by Crippen LogP contribution is 2.31. The van der Waals surface area contributed by atoms with Gasteiger partial charge in [-0.15, -0.1) is 0 Å². The zero-order chi connectivity index (χ0) is 12.8. The summed E-state index contributed by atoms with van der Waals surface area (Å²) in [6, 6.07) is 11.9. The second-order valence-electron chi connectivity index (χ2n) is 4.22. The molecule has 1 nitrogen and oxygen atoms in total. The van der Waals surface area contributed by atoms with E-state index in [4.69, 9.17) is 16.3 Å². The molecule has 0 bridgehead atoms. The summed E-state index contributed by atoms with van der Waals surface area (Å²) in [5, 5.41) is 2.90. The lowest BCUT2D eigenvalue weighted by Crippen LogP contribution is -1.98. The summed E-state index contributed by atoms with van der Waals surface area (Å²) >= 11 is 10.4. The SMILES string of the molecule is SCCCCCOc1ccc(Cl)c2ccccc12. The van der Waals surface area contributed by atoms with Crippen LogP contribution in [0.2, 0.25) is 5.02 Å². The fourth-order valence-electron chi connectivity index (χ4n) is 1.93. The zero-order valence-electron chi connectivity index (χ0n) is 10.2. The molecule has 3 heteroatoms. The maximum absolute atomic E-state index is 6.17. The fraction of sp³-hybridized carbons (Fsp3) is 0.333. The highest BCUT2D eigenvalue weighted by Gasteiger charge is 2.04. The zero-order valence-corrected chi connectivity index (χ0v) is 11.9. The van der Waals surface area contributed by atoms with Crippen molar-refractivity contribution >= 4 is 35.0 Å². The van der Waals surface area contributed by atoms with Crippen LogP contribution >= 0.6 is 24.2 Å². The van der Waals surface area contributed by atoms with Crippen LogP contribution in [0.4, 0.5) is 0 Å². The van der Waals surface area contributed by atoms with Crippen molar-refractivity contribution in [1.29, 1.82) is 0 Å². The lowest BCUT2D eigenvalue weighted by atomic mass is 10.1. The van der Waals surface area contributed by atoms with Crippen molar-refractivity contribution in [3.8, 4) is 5.75 Å². The first-order valence-corrected chi connectivity index (χ1v) is 7.25. The van der Waals surface area contributed by atoms with Gasteiger partial charge in [0, 0.05) is 15.8 Å². The van der Waals surface area contributed by atoms with Crippen LogP contribution in [0.15, 0.2) is 36.4 Å². The van der Waals surface area contributed by atoms with Crippen molar-refractivity contribution in [3.63, 3.8) is 0 Å². The molecule has 0 atom stereocenters. The molecule has 2 aromatic rings. The molecule has 0 aliphatic rings. The third-order valence-corrected chi connectivity index (χ3v) is 3.54. The summed E-state index contributed by atoms with van der Waals surface area (Å²) in [6.07, 6.45) is 3.38. The number of halogens is 1. The first-order chi connectivity index (χ1) is 8.83. The Morgan fingerprint density at radius 2 is 1.72 bits per heavy atom. The van der Waals surface area contributed by atoms with Crippen LogP contribution in [0.1, 0.15) is 19.3 Å². The van der Waals surface area contributed by atoms with E-state index in [9.17, 15) is 0 Å². The van der Waals surface area contributed by atoms with Gasteiger partial charge in [-0.1, -0.05) is 35.9 Å². The largest absolute Gasteiger partial charge is 0.493 e. The van der Waals surface area contributed by atoms with E-state index in [1.807, 2.05) is 36.4 Å². The van der Waals surface area contributed by atoms with Gasteiger partial charge < -0.3 is 4.74 Å². The van der Waals surface area contributed by atoms with Crippen LogP contribution in [0.5, 0.6) is 5.75 Å². The molecule has 2 aromatic carbocycles. The van der Waals surface area contributed by atoms with Crippen LogP contribution in [-0.4, -0.2) is 12.4 Å². The summed E-state index contributed by atoms with van der Waals surface area (Å²) < 4.78 is 5.84. The number of ether oxygens (including phenoxy) is 1. The average Bonchev–Trinajstić information content (AvgIpc) is 2.41. The Kier molecular flexibility index (Phi) is 5.21.